The molecular formula is C24H27FN6O. The van der Waals surface area contributed by atoms with E-state index >= 15 is 0 Å². The lowest BCUT2D eigenvalue weighted by Gasteiger charge is -2.23. The molecule has 0 fully saturated rings. The van der Waals surface area contributed by atoms with Gasteiger partial charge in [-0.2, -0.15) is 5.10 Å². The molecule has 0 aliphatic rings. The molecule has 4 aromatic rings. The molecule has 8 heteroatoms. The summed E-state index contributed by atoms with van der Waals surface area (Å²) >= 11 is 0. The van der Waals surface area contributed by atoms with E-state index in [1.807, 2.05) is 50.0 Å². The van der Waals surface area contributed by atoms with Crippen molar-refractivity contribution in [3.63, 3.8) is 0 Å². The third-order valence-corrected chi connectivity index (χ3v) is 5.70. The van der Waals surface area contributed by atoms with Crippen molar-refractivity contribution >= 4 is 22.6 Å². The molecule has 0 atom stereocenters. The summed E-state index contributed by atoms with van der Waals surface area (Å²) in [7, 11) is 1.90. The van der Waals surface area contributed by atoms with Crippen LogP contribution in [0.4, 0.5) is 14.9 Å². The average Bonchev–Trinajstić information content (AvgIpc) is 3.32. The highest BCUT2D eigenvalue weighted by Gasteiger charge is 2.18. The first-order valence-corrected chi connectivity index (χ1v) is 10.6. The van der Waals surface area contributed by atoms with Crippen LogP contribution in [0, 0.1) is 19.7 Å². The van der Waals surface area contributed by atoms with Gasteiger partial charge in [0.15, 0.2) is 0 Å². The van der Waals surface area contributed by atoms with Crippen molar-refractivity contribution < 1.29 is 9.18 Å². The molecule has 2 heterocycles. The average molecular weight is 435 g/mol. The van der Waals surface area contributed by atoms with Crippen molar-refractivity contribution in [1.29, 1.82) is 0 Å². The fraction of sp³-hybridized carbons (Fsp3) is 0.292. The number of carbonyl (C=O) groups is 1. The van der Waals surface area contributed by atoms with Crippen molar-refractivity contribution in [3.05, 3.63) is 77.8 Å². The van der Waals surface area contributed by atoms with Gasteiger partial charge < -0.3 is 9.88 Å². The van der Waals surface area contributed by atoms with Gasteiger partial charge in [-0.15, -0.1) is 0 Å². The summed E-state index contributed by atoms with van der Waals surface area (Å²) in [6.45, 7) is 5.65. The lowest BCUT2D eigenvalue weighted by atomic mass is 10.1. The lowest BCUT2D eigenvalue weighted by molar-refractivity contribution is 0.245. The molecule has 0 spiro atoms. The fourth-order valence-corrected chi connectivity index (χ4v) is 3.70. The Kier molecular flexibility index (Phi) is 6.20. The standard InChI is InChI=1S/C24H27FN6O/c1-17-14-26-16-30(17)12-4-11-27-24(32)31(15-19-5-7-20(25)8-6-19)21-9-10-22-18(2)29(3)28-23(22)13-21/h5-10,13-14,16H,4,11-12,15H2,1-3H3,(H,27,32). The largest absolute Gasteiger partial charge is 0.338 e. The van der Waals surface area contributed by atoms with Gasteiger partial charge in [0.2, 0.25) is 0 Å². The summed E-state index contributed by atoms with van der Waals surface area (Å²) in [6.07, 6.45) is 4.40. The predicted octanol–water partition coefficient (Wildman–Crippen LogP) is 4.33. The molecule has 2 aromatic carbocycles. The summed E-state index contributed by atoms with van der Waals surface area (Å²) in [6, 6.07) is 11.8. The quantitative estimate of drug-likeness (QED) is 0.440. The van der Waals surface area contributed by atoms with Gasteiger partial charge in [-0.05, 0) is 56.2 Å². The number of anilines is 1. The molecule has 0 saturated carbocycles. The number of aryl methyl sites for hydroxylation is 4. The van der Waals surface area contributed by atoms with Crippen molar-refractivity contribution in [1.82, 2.24) is 24.6 Å². The predicted molar refractivity (Wildman–Crippen MR) is 123 cm³/mol. The molecule has 0 aliphatic carbocycles. The molecular weight excluding hydrogens is 407 g/mol. The van der Waals surface area contributed by atoms with Crippen LogP contribution in [0.3, 0.4) is 0 Å². The van der Waals surface area contributed by atoms with E-state index in [0.717, 1.165) is 46.5 Å². The molecule has 2 aromatic heterocycles. The second-order valence-electron chi connectivity index (χ2n) is 7.94. The van der Waals surface area contributed by atoms with Crippen LogP contribution in [-0.2, 0) is 20.1 Å². The van der Waals surface area contributed by atoms with Crippen LogP contribution in [0.25, 0.3) is 10.9 Å². The van der Waals surface area contributed by atoms with E-state index in [0.29, 0.717) is 13.1 Å². The zero-order valence-electron chi connectivity index (χ0n) is 18.5. The summed E-state index contributed by atoms with van der Waals surface area (Å²) in [4.78, 5) is 18.9. The van der Waals surface area contributed by atoms with Gasteiger partial charge >= 0.3 is 6.03 Å². The maximum atomic E-state index is 13.4. The second-order valence-corrected chi connectivity index (χ2v) is 7.94. The van der Waals surface area contributed by atoms with Crippen LogP contribution in [-0.4, -0.2) is 31.9 Å². The number of halogens is 1. The minimum atomic E-state index is -0.301. The molecule has 0 aliphatic heterocycles. The highest BCUT2D eigenvalue weighted by Crippen LogP contribution is 2.25. The monoisotopic (exact) mass is 434 g/mol. The number of aromatic nitrogens is 4. The Hall–Kier alpha value is -3.68. The van der Waals surface area contributed by atoms with Crippen LogP contribution in [0.1, 0.15) is 23.4 Å². The summed E-state index contributed by atoms with van der Waals surface area (Å²) < 4.78 is 17.2. The summed E-state index contributed by atoms with van der Waals surface area (Å²) in [5.74, 6) is -0.301. The number of nitrogens with zero attached hydrogens (tertiary/aromatic N) is 5. The molecule has 0 radical (unpaired) electrons. The maximum Gasteiger partial charge on any atom is 0.322 e. The highest BCUT2D eigenvalue weighted by atomic mass is 19.1. The van der Waals surface area contributed by atoms with Gasteiger partial charge in [0.05, 0.1) is 18.4 Å². The molecule has 0 bridgehead atoms. The molecule has 4 rings (SSSR count). The van der Waals surface area contributed by atoms with E-state index in [2.05, 4.69) is 20.0 Å². The van der Waals surface area contributed by atoms with E-state index in [-0.39, 0.29) is 11.8 Å². The first-order valence-electron chi connectivity index (χ1n) is 10.6. The Balaban J connectivity index is 1.52. The van der Waals surface area contributed by atoms with Gasteiger partial charge in [0.25, 0.3) is 0 Å². The maximum absolute atomic E-state index is 13.4. The number of fused-ring (bicyclic) bond motifs is 1. The smallest absolute Gasteiger partial charge is 0.322 e. The van der Waals surface area contributed by atoms with Crippen molar-refractivity contribution in [3.8, 4) is 0 Å². The van der Waals surface area contributed by atoms with Crippen molar-refractivity contribution in [2.75, 3.05) is 11.4 Å². The van der Waals surface area contributed by atoms with Crippen LogP contribution in [0.2, 0.25) is 0 Å². The van der Waals surface area contributed by atoms with Crippen LogP contribution in [0.15, 0.2) is 55.0 Å². The lowest BCUT2D eigenvalue weighted by Crippen LogP contribution is -2.40. The number of nitrogens with one attached hydrogen (secondary N) is 1. The van der Waals surface area contributed by atoms with Gasteiger partial charge in [-0.1, -0.05) is 12.1 Å². The molecule has 32 heavy (non-hydrogen) atoms. The third-order valence-electron chi connectivity index (χ3n) is 5.70. The van der Waals surface area contributed by atoms with Crippen molar-refractivity contribution in [2.24, 2.45) is 7.05 Å². The fourth-order valence-electron chi connectivity index (χ4n) is 3.70. The van der Waals surface area contributed by atoms with Crippen LogP contribution < -0.4 is 10.2 Å². The number of urea groups is 1. The Morgan fingerprint density at radius 3 is 2.66 bits per heavy atom. The van der Waals surface area contributed by atoms with Crippen molar-refractivity contribution in [2.45, 2.75) is 33.4 Å². The van der Waals surface area contributed by atoms with Gasteiger partial charge in [-0.3, -0.25) is 9.58 Å². The van der Waals surface area contributed by atoms with Gasteiger partial charge in [0, 0.05) is 48.8 Å². The number of hydrogen-bond donors (Lipinski definition) is 1. The SMILES string of the molecule is Cc1cncn1CCCNC(=O)N(Cc1ccc(F)cc1)c1ccc2c(C)n(C)nc2c1. The normalized spacial score (nSPS) is 11.1. The summed E-state index contributed by atoms with van der Waals surface area (Å²) in [5, 5.41) is 8.61. The number of benzene rings is 2. The molecule has 1 N–H and O–H groups in total. The van der Waals surface area contributed by atoms with E-state index < -0.39 is 0 Å². The molecule has 0 saturated heterocycles. The number of rotatable bonds is 7. The molecule has 166 valence electrons. The van der Waals surface area contributed by atoms with E-state index in [1.54, 1.807) is 23.4 Å². The number of carbonyl (C=O) groups excluding carboxylic acids is 1. The Morgan fingerprint density at radius 2 is 1.94 bits per heavy atom. The highest BCUT2D eigenvalue weighted by molar-refractivity contribution is 5.95. The topological polar surface area (TPSA) is 68.0 Å². The third kappa shape index (κ3) is 4.64. The Bertz CT molecular complexity index is 1230. The number of imidazole rings is 1. The molecule has 2 amide bonds. The number of hydrogen-bond acceptors (Lipinski definition) is 3. The first-order chi connectivity index (χ1) is 15.4. The first kappa shape index (κ1) is 21.5. The van der Waals surface area contributed by atoms with Gasteiger partial charge in [0.1, 0.15) is 5.82 Å². The second kappa shape index (κ2) is 9.21. The van der Waals surface area contributed by atoms with E-state index in [4.69, 9.17) is 0 Å². The minimum Gasteiger partial charge on any atom is -0.338 e. The number of amides is 2. The molecule has 0 unspecified atom stereocenters. The van der Waals surface area contributed by atoms with Gasteiger partial charge in [-0.25, -0.2) is 14.2 Å². The Labute approximate surface area is 186 Å². The Morgan fingerprint density at radius 1 is 1.16 bits per heavy atom. The summed E-state index contributed by atoms with van der Waals surface area (Å²) in [5.41, 5.74) is 4.56. The zero-order valence-corrected chi connectivity index (χ0v) is 18.5. The minimum absolute atomic E-state index is 0.205. The van der Waals surface area contributed by atoms with Crippen LogP contribution in [0.5, 0.6) is 0 Å². The zero-order chi connectivity index (χ0) is 22.7. The van der Waals surface area contributed by atoms with Crippen LogP contribution >= 0.6 is 0 Å². The van der Waals surface area contributed by atoms with E-state index in [1.165, 1.54) is 12.1 Å². The van der Waals surface area contributed by atoms with E-state index in [9.17, 15) is 9.18 Å². The molecule has 7 nitrogen and oxygen atoms in total.